The van der Waals surface area contributed by atoms with Crippen molar-refractivity contribution in [2.75, 3.05) is 11.6 Å². The van der Waals surface area contributed by atoms with Crippen LogP contribution in [0.25, 0.3) is 0 Å². The second-order valence-corrected chi connectivity index (χ2v) is 6.10. The fraction of sp³-hybridized carbons (Fsp3) is 0.412. The van der Waals surface area contributed by atoms with Crippen molar-refractivity contribution >= 4 is 29.3 Å². The fourth-order valence-corrected chi connectivity index (χ4v) is 2.87. The Labute approximate surface area is 135 Å². The summed E-state index contributed by atoms with van der Waals surface area (Å²) in [5.74, 6) is -0.718. The SMILES string of the molecule is CSc1ccccc1NC(=O)[C@@H](C)OC(=O)[C@@H]1CC=CCC1. The molecule has 1 aliphatic carbocycles. The lowest BCUT2D eigenvalue weighted by molar-refractivity contribution is -0.157. The molecule has 0 heterocycles. The Hall–Kier alpha value is -1.75. The third-order valence-corrected chi connectivity index (χ3v) is 4.43. The van der Waals surface area contributed by atoms with Crippen molar-refractivity contribution < 1.29 is 14.3 Å². The average molecular weight is 319 g/mol. The van der Waals surface area contributed by atoms with Crippen LogP contribution in [0.3, 0.4) is 0 Å². The number of thioether (sulfide) groups is 1. The molecular formula is C17H21NO3S. The predicted octanol–water partition coefficient (Wildman–Crippen LogP) is 3.64. The summed E-state index contributed by atoms with van der Waals surface area (Å²) >= 11 is 1.56. The lowest BCUT2D eigenvalue weighted by Crippen LogP contribution is -2.32. The van der Waals surface area contributed by atoms with E-state index >= 15 is 0 Å². The van der Waals surface area contributed by atoms with E-state index in [0.717, 1.165) is 23.4 Å². The topological polar surface area (TPSA) is 55.4 Å². The number of carbonyl (C=O) groups excluding carboxylic acids is 2. The Morgan fingerprint density at radius 1 is 1.32 bits per heavy atom. The van der Waals surface area contributed by atoms with E-state index < -0.39 is 6.10 Å². The van der Waals surface area contributed by atoms with E-state index in [4.69, 9.17) is 4.74 Å². The first-order valence-corrected chi connectivity index (χ1v) is 8.63. The van der Waals surface area contributed by atoms with Gasteiger partial charge in [0.25, 0.3) is 5.91 Å². The molecule has 5 heteroatoms. The fourth-order valence-electron chi connectivity index (χ4n) is 2.31. The third-order valence-electron chi connectivity index (χ3n) is 3.63. The summed E-state index contributed by atoms with van der Waals surface area (Å²) < 4.78 is 5.31. The molecular weight excluding hydrogens is 298 g/mol. The normalized spacial score (nSPS) is 18.5. The zero-order chi connectivity index (χ0) is 15.9. The van der Waals surface area contributed by atoms with Crippen molar-refractivity contribution in [2.45, 2.75) is 37.2 Å². The summed E-state index contributed by atoms with van der Waals surface area (Å²) in [6.07, 6.45) is 7.59. The predicted molar refractivity (Wildman–Crippen MR) is 88.9 cm³/mol. The van der Waals surface area contributed by atoms with Crippen molar-refractivity contribution in [3.63, 3.8) is 0 Å². The number of rotatable bonds is 5. The van der Waals surface area contributed by atoms with Crippen LogP contribution in [0.1, 0.15) is 26.2 Å². The van der Waals surface area contributed by atoms with Crippen molar-refractivity contribution in [1.29, 1.82) is 0 Å². The van der Waals surface area contributed by atoms with E-state index in [2.05, 4.69) is 11.4 Å². The number of allylic oxidation sites excluding steroid dienone is 2. The van der Waals surface area contributed by atoms with Gasteiger partial charge in [-0.2, -0.15) is 0 Å². The molecule has 118 valence electrons. The molecule has 0 aliphatic heterocycles. The molecule has 0 spiro atoms. The molecule has 1 amide bonds. The number of benzene rings is 1. The summed E-state index contributed by atoms with van der Waals surface area (Å²) in [5, 5.41) is 2.82. The van der Waals surface area contributed by atoms with Gasteiger partial charge in [0.1, 0.15) is 0 Å². The molecule has 0 saturated carbocycles. The second kappa shape index (κ2) is 8.03. The van der Waals surface area contributed by atoms with Gasteiger partial charge in [-0.15, -0.1) is 11.8 Å². The molecule has 1 aliphatic rings. The molecule has 0 saturated heterocycles. The average Bonchev–Trinajstić information content (AvgIpc) is 2.56. The maximum Gasteiger partial charge on any atom is 0.310 e. The highest BCUT2D eigenvalue weighted by atomic mass is 32.2. The van der Waals surface area contributed by atoms with Crippen LogP contribution in [0.15, 0.2) is 41.3 Å². The third kappa shape index (κ3) is 4.37. The van der Waals surface area contributed by atoms with Gasteiger partial charge in [0, 0.05) is 4.90 Å². The maximum absolute atomic E-state index is 12.2. The van der Waals surface area contributed by atoms with Crippen LogP contribution in [-0.2, 0) is 14.3 Å². The van der Waals surface area contributed by atoms with E-state index in [-0.39, 0.29) is 17.8 Å². The van der Waals surface area contributed by atoms with Crippen molar-refractivity contribution in [1.82, 2.24) is 0 Å². The minimum absolute atomic E-state index is 0.126. The van der Waals surface area contributed by atoms with Gasteiger partial charge in [0.05, 0.1) is 11.6 Å². The quantitative estimate of drug-likeness (QED) is 0.511. The monoisotopic (exact) mass is 319 g/mol. The minimum atomic E-state index is -0.798. The number of ether oxygens (including phenoxy) is 1. The van der Waals surface area contributed by atoms with E-state index in [9.17, 15) is 9.59 Å². The van der Waals surface area contributed by atoms with Gasteiger partial charge in [-0.25, -0.2) is 0 Å². The van der Waals surface area contributed by atoms with Crippen LogP contribution >= 0.6 is 11.8 Å². The zero-order valence-corrected chi connectivity index (χ0v) is 13.7. The van der Waals surface area contributed by atoms with Crippen LogP contribution in [-0.4, -0.2) is 24.2 Å². The molecule has 1 aromatic rings. The summed E-state index contributed by atoms with van der Waals surface area (Å²) in [6.45, 7) is 1.60. The molecule has 0 bridgehead atoms. The van der Waals surface area contributed by atoms with E-state index in [1.807, 2.05) is 36.6 Å². The zero-order valence-electron chi connectivity index (χ0n) is 12.9. The molecule has 0 unspecified atom stereocenters. The van der Waals surface area contributed by atoms with Gasteiger partial charge in [0.15, 0.2) is 6.10 Å². The Morgan fingerprint density at radius 2 is 2.09 bits per heavy atom. The highest BCUT2D eigenvalue weighted by Crippen LogP contribution is 2.25. The van der Waals surface area contributed by atoms with Gasteiger partial charge < -0.3 is 10.1 Å². The number of esters is 1. The Kier molecular flexibility index (Phi) is 6.07. The number of hydrogen-bond acceptors (Lipinski definition) is 4. The number of nitrogens with one attached hydrogen (secondary N) is 1. The summed E-state index contributed by atoms with van der Waals surface area (Å²) in [5.41, 5.74) is 0.739. The standard InChI is InChI=1S/C17H21NO3S/c1-12(21-17(20)13-8-4-3-5-9-13)16(19)18-14-10-6-7-11-15(14)22-2/h3-4,6-7,10-13H,5,8-9H2,1-2H3,(H,18,19)/t12-,13-/m1/s1. The molecule has 2 rings (SSSR count). The number of amides is 1. The summed E-state index contributed by atoms with van der Waals surface area (Å²) in [4.78, 5) is 25.2. The highest BCUT2D eigenvalue weighted by molar-refractivity contribution is 7.98. The molecule has 22 heavy (non-hydrogen) atoms. The summed E-state index contributed by atoms with van der Waals surface area (Å²) in [7, 11) is 0. The van der Waals surface area contributed by atoms with Crippen molar-refractivity contribution in [2.24, 2.45) is 5.92 Å². The largest absolute Gasteiger partial charge is 0.452 e. The van der Waals surface area contributed by atoms with E-state index in [0.29, 0.717) is 6.42 Å². The number of hydrogen-bond donors (Lipinski definition) is 1. The Morgan fingerprint density at radius 3 is 2.77 bits per heavy atom. The molecule has 1 N–H and O–H groups in total. The molecule has 0 radical (unpaired) electrons. The van der Waals surface area contributed by atoms with E-state index in [1.165, 1.54) is 0 Å². The van der Waals surface area contributed by atoms with E-state index in [1.54, 1.807) is 18.7 Å². The van der Waals surface area contributed by atoms with Crippen molar-refractivity contribution in [3.8, 4) is 0 Å². The van der Waals surface area contributed by atoms with Gasteiger partial charge in [0.2, 0.25) is 0 Å². The number of carbonyl (C=O) groups is 2. The minimum Gasteiger partial charge on any atom is -0.452 e. The molecule has 4 nitrogen and oxygen atoms in total. The van der Waals surface area contributed by atoms with Crippen LogP contribution in [0.2, 0.25) is 0 Å². The molecule has 2 atom stereocenters. The van der Waals surface area contributed by atoms with Gasteiger partial charge in [-0.3, -0.25) is 9.59 Å². The van der Waals surface area contributed by atoms with Crippen molar-refractivity contribution in [3.05, 3.63) is 36.4 Å². The number of anilines is 1. The van der Waals surface area contributed by atoms with Gasteiger partial charge in [-0.05, 0) is 44.6 Å². The van der Waals surface area contributed by atoms with Crippen LogP contribution in [0.5, 0.6) is 0 Å². The van der Waals surface area contributed by atoms with Gasteiger partial charge in [-0.1, -0.05) is 24.3 Å². The second-order valence-electron chi connectivity index (χ2n) is 5.25. The van der Waals surface area contributed by atoms with Gasteiger partial charge >= 0.3 is 5.97 Å². The lowest BCUT2D eigenvalue weighted by atomic mass is 9.95. The maximum atomic E-state index is 12.2. The van der Waals surface area contributed by atoms with Crippen LogP contribution < -0.4 is 5.32 Å². The Bertz CT molecular complexity index is 571. The number of para-hydroxylation sites is 1. The lowest BCUT2D eigenvalue weighted by Gasteiger charge is -2.20. The first-order chi connectivity index (χ1) is 10.6. The Balaban J connectivity index is 1.91. The van der Waals surface area contributed by atoms with Crippen LogP contribution in [0.4, 0.5) is 5.69 Å². The van der Waals surface area contributed by atoms with Crippen LogP contribution in [0, 0.1) is 5.92 Å². The molecule has 0 fully saturated rings. The smallest absolute Gasteiger partial charge is 0.310 e. The first-order valence-electron chi connectivity index (χ1n) is 7.41. The molecule has 1 aromatic carbocycles. The first kappa shape index (κ1) is 16.6. The summed E-state index contributed by atoms with van der Waals surface area (Å²) in [6, 6.07) is 7.55. The highest BCUT2D eigenvalue weighted by Gasteiger charge is 2.25. The molecule has 0 aromatic heterocycles.